The van der Waals surface area contributed by atoms with Crippen LogP contribution in [0.15, 0.2) is 23.3 Å². The number of hydrogen-bond donors (Lipinski definition) is 1. The average Bonchev–Trinajstić information content (AvgIpc) is 3.00. The van der Waals surface area contributed by atoms with Gasteiger partial charge in [0.15, 0.2) is 17.3 Å². The van der Waals surface area contributed by atoms with Crippen molar-refractivity contribution in [3.05, 3.63) is 34.4 Å². The molecule has 1 heterocycles. The fraction of sp³-hybridized carbons (Fsp3) is 0.471. The maximum Gasteiger partial charge on any atom is 0.216 e. The van der Waals surface area contributed by atoms with Crippen molar-refractivity contribution in [3.63, 3.8) is 0 Å². The van der Waals surface area contributed by atoms with E-state index in [1.165, 1.54) is 19.3 Å². The fourth-order valence-electron chi connectivity index (χ4n) is 3.17. The van der Waals surface area contributed by atoms with E-state index in [1.54, 1.807) is 25.1 Å². The van der Waals surface area contributed by atoms with Crippen LogP contribution in [0.1, 0.15) is 49.4 Å². The number of methoxy groups -OCH3 is 2. The molecule has 24 heavy (non-hydrogen) atoms. The van der Waals surface area contributed by atoms with Crippen LogP contribution in [-0.4, -0.2) is 35.3 Å². The zero-order valence-corrected chi connectivity index (χ0v) is 14.8. The van der Waals surface area contributed by atoms with Crippen molar-refractivity contribution in [1.29, 1.82) is 0 Å². The van der Waals surface area contributed by atoms with Crippen LogP contribution in [-0.2, 0) is 0 Å². The van der Waals surface area contributed by atoms with E-state index in [9.17, 15) is 0 Å². The largest absolute Gasteiger partial charge is 0.493 e. The summed E-state index contributed by atoms with van der Waals surface area (Å²) < 4.78 is 13.0. The number of aromatic nitrogens is 3. The molecule has 2 aromatic rings. The zero-order valence-electron chi connectivity index (χ0n) is 14.0. The summed E-state index contributed by atoms with van der Waals surface area (Å²) in [6.07, 6.45) is 7.77. The van der Waals surface area contributed by atoms with Crippen molar-refractivity contribution >= 4 is 18.4 Å². The van der Waals surface area contributed by atoms with E-state index < -0.39 is 0 Å². The second-order valence-electron chi connectivity index (χ2n) is 5.86. The van der Waals surface area contributed by atoms with Crippen LogP contribution in [0.25, 0.3) is 0 Å². The minimum atomic E-state index is 0.413. The van der Waals surface area contributed by atoms with Crippen LogP contribution in [0.3, 0.4) is 0 Å². The van der Waals surface area contributed by atoms with Crippen LogP contribution in [0.4, 0.5) is 0 Å². The first-order chi connectivity index (χ1) is 11.7. The Bertz CT molecular complexity index is 775. The topological polar surface area (TPSA) is 64.4 Å². The van der Waals surface area contributed by atoms with Gasteiger partial charge in [0.2, 0.25) is 4.77 Å². The first kappa shape index (κ1) is 16.7. The van der Waals surface area contributed by atoms with Gasteiger partial charge in [-0.15, -0.1) is 0 Å². The molecule has 1 aromatic heterocycles. The lowest BCUT2D eigenvalue weighted by Gasteiger charge is -2.19. The highest BCUT2D eigenvalue weighted by molar-refractivity contribution is 7.71. The standard InChI is InChI=1S/C17H22N4O2S/c1-22-14-10-6-9-13(15(14)23-2)11-18-21-16(19-20-17(21)24)12-7-4-3-5-8-12/h6,9-12H,3-5,7-8H2,1-2H3,(H,20,24)/b18-11-. The summed E-state index contributed by atoms with van der Waals surface area (Å²) in [5.41, 5.74) is 0.828. The normalized spacial score (nSPS) is 15.8. The van der Waals surface area contributed by atoms with E-state index in [-0.39, 0.29) is 0 Å². The van der Waals surface area contributed by atoms with Gasteiger partial charge in [0.25, 0.3) is 0 Å². The van der Waals surface area contributed by atoms with Crippen molar-refractivity contribution in [2.24, 2.45) is 5.10 Å². The number of para-hydroxylation sites is 1. The molecule has 1 aliphatic carbocycles. The number of aromatic amines is 1. The Labute approximate surface area is 146 Å². The van der Waals surface area contributed by atoms with Crippen molar-refractivity contribution in [3.8, 4) is 11.5 Å². The molecule has 0 radical (unpaired) electrons. The molecular weight excluding hydrogens is 324 g/mol. The second-order valence-corrected chi connectivity index (χ2v) is 6.25. The molecule has 0 saturated heterocycles. The highest BCUT2D eigenvalue weighted by Crippen LogP contribution is 2.32. The Kier molecular flexibility index (Phi) is 5.30. The molecule has 7 heteroatoms. The van der Waals surface area contributed by atoms with Gasteiger partial charge in [-0.1, -0.05) is 25.3 Å². The van der Waals surface area contributed by atoms with Crippen molar-refractivity contribution in [2.45, 2.75) is 38.0 Å². The van der Waals surface area contributed by atoms with E-state index in [2.05, 4.69) is 15.3 Å². The molecule has 1 aromatic carbocycles. The molecule has 1 N–H and O–H groups in total. The molecule has 3 rings (SSSR count). The lowest BCUT2D eigenvalue weighted by Crippen LogP contribution is -2.10. The quantitative estimate of drug-likeness (QED) is 0.659. The highest BCUT2D eigenvalue weighted by Gasteiger charge is 2.21. The predicted molar refractivity (Wildman–Crippen MR) is 95.8 cm³/mol. The lowest BCUT2D eigenvalue weighted by atomic mass is 9.89. The Morgan fingerprint density at radius 2 is 2.04 bits per heavy atom. The first-order valence-electron chi connectivity index (χ1n) is 8.17. The van der Waals surface area contributed by atoms with Gasteiger partial charge in [0.05, 0.1) is 20.4 Å². The maximum atomic E-state index is 5.44. The van der Waals surface area contributed by atoms with Crippen LogP contribution in [0.5, 0.6) is 11.5 Å². The zero-order chi connectivity index (χ0) is 16.9. The summed E-state index contributed by atoms with van der Waals surface area (Å²) in [6, 6.07) is 5.68. The summed E-state index contributed by atoms with van der Waals surface area (Å²) in [5, 5.41) is 11.8. The summed E-state index contributed by atoms with van der Waals surface area (Å²) in [5.74, 6) is 2.65. The van der Waals surface area contributed by atoms with E-state index in [4.69, 9.17) is 21.7 Å². The van der Waals surface area contributed by atoms with Crippen molar-refractivity contribution in [1.82, 2.24) is 14.9 Å². The van der Waals surface area contributed by atoms with Gasteiger partial charge in [-0.05, 0) is 37.2 Å². The smallest absolute Gasteiger partial charge is 0.216 e. The molecule has 0 bridgehead atoms. The molecule has 1 aliphatic rings. The predicted octanol–water partition coefficient (Wildman–Crippen LogP) is 3.89. The van der Waals surface area contributed by atoms with Gasteiger partial charge in [-0.3, -0.25) is 5.10 Å². The van der Waals surface area contributed by atoms with Gasteiger partial charge in [0.1, 0.15) is 0 Å². The summed E-state index contributed by atoms with van der Waals surface area (Å²) >= 11 is 5.34. The summed E-state index contributed by atoms with van der Waals surface area (Å²) in [6.45, 7) is 0. The monoisotopic (exact) mass is 346 g/mol. The van der Waals surface area contributed by atoms with Crippen LogP contribution >= 0.6 is 12.2 Å². The Hall–Kier alpha value is -2.15. The van der Waals surface area contributed by atoms with Gasteiger partial charge >= 0.3 is 0 Å². The Morgan fingerprint density at radius 3 is 2.75 bits per heavy atom. The SMILES string of the molecule is COc1cccc(/C=N\n2c(C3CCCCC3)n[nH]c2=S)c1OC. The van der Waals surface area contributed by atoms with Crippen LogP contribution in [0, 0.1) is 4.77 Å². The third kappa shape index (κ3) is 3.36. The Morgan fingerprint density at radius 1 is 1.25 bits per heavy atom. The molecular formula is C17H22N4O2S. The number of rotatable bonds is 5. The highest BCUT2D eigenvalue weighted by atomic mass is 32.1. The summed E-state index contributed by atoms with van der Waals surface area (Å²) in [7, 11) is 3.23. The molecule has 0 spiro atoms. The third-order valence-corrected chi connectivity index (χ3v) is 4.66. The van der Waals surface area contributed by atoms with Crippen LogP contribution < -0.4 is 9.47 Å². The number of H-pyrrole nitrogens is 1. The molecule has 1 saturated carbocycles. The van der Waals surface area contributed by atoms with Gasteiger partial charge < -0.3 is 9.47 Å². The average molecular weight is 346 g/mol. The van der Waals surface area contributed by atoms with E-state index in [0.717, 1.165) is 24.2 Å². The molecule has 128 valence electrons. The van der Waals surface area contributed by atoms with E-state index in [0.29, 0.717) is 22.2 Å². The van der Waals surface area contributed by atoms with E-state index >= 15 is 0 Å². The minimum Gasteiger partial charge on any atom is -0.493 e. The maximum absolute atomic E-state index is 5.44. The number of hydrogen-bond acceptors (Lipinski definition) is 5. The fourth-order valence-corrected chi connectivity index (χ4v) is 3.36. The number of nitrogens with one attached hydrogen (secondary N) is 1. The van der Waals surface area contributed by atoms with Crippen LogP contribution in [0.2, 0.25) is 0 Å². The van der Waals surface area contributed by atoms with Crippen molar-refractivity contribution in [2.75, 3.05) is 14.2 Å². The van der Waals surface area contributed by atoms with E-state index in [1.807, 2.05) is 18.2 Å². The summed E-state index contributed by atoms with van der Waals surface area (Å²) in [4.78, 5) is 0. The first-order valence-corrected chi connectivity index (χ1v) is 8.58. The molecule has 0 unspecified atom stereocenters. The minimum absolute atomic E-state index is 0.413. The van der Waals surface area contributed by atoms with Gasteiger partial charge in [-0.2, -0.15) is 14.9 Å². The molecule has 0 aliphatic heterocycles. The van der Waals surface area contributed by atoms with Gasteiger partial charge in [-0.25, -0.2) is 0 Å². The molecule has 6 nitrogen and oxygen atoms in total. The lowest BCUT2D eigenvalue weighted by molar-refractivity contribution is 0.354. The van der Waals surface area contributed by atoms with Gasteiger partial charge in [0, 0.05) is 11.5 Å². The number of benzene rings is 1. The Balaban J connectivity index is 1.93. The molecule has 0 atom stereocenters. The molecule has 0 amide bonds. The van der Waals surface area contributed by atoms with Crippen molar-refractivity contribution < 1.29 is 9.47 Å². The molecule has 1 fully saturated rings. The number of nitrogens with zero attached hydrogens (tertiary/aromatic N) is 3. The third-order valence-electron chi connectivity index (χ3n) is 4.39. The number of ether oxygens (including phenoxy) is 2. The second kappa shape index (κ2) is 7.61.